The van der Waals surface area contributed by atoms with Crippen molar-refractivity contribution in [2.45, 2.75) is 36.6 Å². The smallest absolute Gasteiger partial charge is 0.547 e. The van der Waals surface area contributed by atoms with E-state index in [1.54, 1.807) is 0 Å². The molecule has 13 heteroatoms. The molecule has 0 aliphatic carbocycles. The van der Waals surface area contributed by atoms with Gasteiger partial charge in [0.05, 0.1) is 25.2 Å². The molecule has 0 saturated heterocycles. The van der Waals surface area contributed by atoms with E-state index in [0.717, 1.165) is 0 Å². The average Bonchev–Trinajstić information content (AvgIpc) is 2.50. The number of hydrogen-bond acceptors (Lipinski definition) is 12. The van der Waals surface area contributed by atoms with Crippen LogP contribution in [0.1, 0.15) is 0 Å². The van der Waals surface area contributed by atoms with Crippen LogP contribution in [-0.4, -0.2) is 140 Å². The minimum absolute atomic E-state index is 0. The van der Waals surface area contributed by atoms with Crippen LogP contribution in [0.2, 0.25) is 0 Å². The second-order valence-corrected chi connectivity index (χ2v) is 4.01. The van der Waals surface area contributed by atoms with Gasteiger partial charge in [0.1, 0.15) is 36.6 Å². The number of carboxylic acid groups (broad SMARTS) is 2. The molecular formula is C10H18CaO12. The molecule has 12 nitrogen and oxygen atoms in total. The molecule has 0 aromatic heterocycles. The van der Waals surface area contributed by atoms with Crippen molar-refractivity contribution in [2.24, 2.45) is 0 Å². The van der Waals surface area contributed by atoms with Crippen molar-refractivity contribution in [1.82, 2.24) is 0 Å². The van der Waals surface area contributed by atoms with Crippen LogP contribution in [0.3, 0.4) is 0 Å². The summed E-state index contributed by atoms with van der Waals surface area (Å²) in [6.45, 7) is -1.66. The monoisotopic (exact) mass is 370 g/mol. The third-order valence-corrected chi connectivity index (χ3v) is 2.29. The number of rotatable bonds is 8. The number of carbonyl (C=O) groups excluding carboxylic acids is 2. The van der Waals surface area contributed by atoms with Gasteiger partial charge in [-0.25, -0.2) is 0 Å². The first-order valence-corrected chi connectivity index (χ1v) is 5.73. The van der Waals surface area contributed by atoms with E-state index in [2.05, 4.69) is 0 Å². The molecule has 0 rings (SSSR count). The quantitative estimate of drug-likeness (QED) is 0.186. The first kappa shape index (κ1) is 27.7. The first-order valence-electron chi connectivity index (χ1n) is 5.73. The van der Waals surface area contributed by atoms with Crippen molar-refractivity contribution >= 4 is 49.7 Å². The summed E-state index contributed by atoms with van der Waals surface area (Å²) < 4.78 is 0. The summed E-state index contributed by atoms with van der Waals surface area (Å²) >= 11 is 0. The Balaban J connectivity index is -0.000000333. The first-order chi connectivity index (χ1) is 10.0. The van der Waals surface area contributed by atoms with E-state index in [1.165, 1.54) is 0 Å². The van der Waals surface area contributed by atoms with Gasteiger partial charge in [0.15, 0.2) is 0 Å². The molecule has 0 saturated carbocycles. The third-order valence-electron chi connectivity index (χ3n) is 2.29. The van der Waals surface area contributed by atoms with Gasteiger partial charge < -0.3 is 60.7 Å². The molecule has 0 aliphatic rings. The predicted octanol–water partition coefficient (Wildman–Crippen LogP) is -8.76. The van der Waals surface area contributed by atoms with Crippen molar-refractivity contribution in [3.8, 4) is 0 Å². The summed E-state index contributed by atoms with van der Waals surface area (Å²) in [5.41, 5.74) is 0. The van der Waals surface area contributed by atoms with Gasteiger partial charge in [0.25, 0.3) is 0 Å². The Kier molecular flexibility index (Phi) is 17.2. The molecule has 132 valence electrons. The predicted molar refractivity (Wildman–Crippen MR) is 66.0 cm³/mol. The van der Waals surface area contributed by atoms with Crippen LogP contribution in [0.15, 0.2) is 0 Å². The summed E-state index contributed by atoms with van der Waals surface area (Å²) in [7, 11) is 0. The van der Waals surface area contributed by atoms with Gasteiger partial charge in [0.2, 0.25) is 0 Å². The Hall–Kier alpha value is -0.120. The van der Waals surface area contributed by atoms with Crippen LogP contribution in [0.4, 0.5) is 0 Å². The molecule has 0 heterocycles. The van der Waals surface area contributed by atoms with Crippen molar-refractivity contribution in [1.29, 1.82) is 0 Å². The molecule has 0 aromatic carbocycles. The molecular weight excluding hydrogens is 352 g/mol. The Labute approximate surface area is 159 Å². The second-order valence-electron chi connectivity index (χ2n) is 4.01. The summed E-state index contributed by atoms with van der Waals surface area (Å²) in [5, 5.41) is 87.7. The fraction of sp³-hybridized carbons (Fsp3) is 0.800. The zero-order valence-corrected chi connectivity index (χ0v) is 14.0. The standard InChI is InChI=1S/2C5H10O6.Ca/c2*6-1-2(7)3(8)4(9)5(10)11;/h2*2-4,6-9H,1H2,(H,10,11);/q;;+2/p-2/t2*2-,3-,4+;/m10./s1. The largest absolute Gasteiger partial charge is 2.00 e. The van der Waals surface area contributed by atoms with Crippen LogP contribution in [-0.2, 0) is 9.59 Å². The maximum atomic E-state index is 9.85. The molecule has 23 heavy (non-hydrogen) atoms. The Bertz CT molecular complexity index is 308. The Morgan fingerprint density at radius 2 is 0.913 bits per heavy atom. The van der Waals surface area contributed by atoms with E-state index in [1.807, 2.05) is 0 Å². The third kappa shape index (κ3) is 11.1. The molecule has 0 aliphatic heterocycles. The topological polar surface area (TPSA) is 242 Å². The number of carbonyl (C=O) groups is 2. The molecule has 0 aromatic rings. The minimum atomic E-state index is -2.18. The molecule has 8 N–H and O–H groups in total. The van der Waals surface area contributed by atoms with E-state index < -0.39 is 61.8 Å². The van der Waals surface area contributed by atoms with Gasteiger partial charge in [0, 0.05) is 0 Å². The molecule has 0 unspecified atom stereocenters. The van der Waals surface area contributed by atoms with Gasteiger partial charge in [-0.1, -0.05) is 0 Å². The number of carboxylic acids is 2. The normalized spacial score (nSPS) is 18.1. The summed E-state index contributed by atoms with van der Waals surface area (Å²) in [6, 6.07) is 0. The van der Waals surface area contributed by atoms with Crippen LogP contribution < -0.4 is 10.2 Å². The molecule has 0 amide bonds. The Morgan fingerprint density at radius 3 is 1.04 bits per heavy atom. The van der Waals surface area contributed by atoms with Crippen molar-refractivity contribution in [2.75, 3.05) is 13.2 Å². The van der Waals surface area contributed by atoms with Crippen LogP contribution in [0, 0.1) is 0 Å². The number of aliphatic carboxylic acids is 2. The molecule has 0 radical (unpaired) electrons. The molecule has 6 atom stereocenters. The van der Waals surface area contributed by atoms with E-state index in [-0.39, 0.29) is 37.7 Å². The SMILES string of the molecule is O=C([O-])[C@@H](O)[C@H](O)[C@H](O)CO.O=C([O-])[C@H](O)[C@@H](O)[C@@H](O)CO.[Ca+2]. The summed E-state index contributed by atoms with van der Waals surface area (Å²) in [6.07, 6.45) is -11.6. The number of aliphatic hydroxyl groups excluding tert-OH is 8. The zero-order valence-electron chi connectivity index (χ0n) is 11.8. The number of hydrogen-bond donors (Lipinski definition) is 8. The van der Waals surface area contributed by atoms with Crippen molar-refractivity contribution in [3.63, 3.8) is 0 Å². The molecule has 0 fully saturated rings. The summed E-state index contributed by atoms with van der Waals surface area (Å²) in [4.78, 5) is 19.7. The Morgan fingerprint density at radius 1 is 0.696 bits per heavy atom. The molecule has 0 bridgehead atoms. The zero-order chi connectivity index (χ0) is 18.0. The van der Waals surface area contributed by atoms with Gasteiger partial charge in [-0.05, 0) is 0 Å². The fourth-order valence-electron chi connectivity index (χ4n) is 0.916. The van der Waals surface area contributed by atoms with E-state index in [0.29, 0.717) is 0 Å². The minimum Gasteiger partial charge on any atom is -0.547 e. The van der Waals surface area contributed by atoms with Crippen molar-refractivity contribution < 1.29 is 60.7 Å². The average molecular weight is 370 g/mol. The van der Waals surface area contributed by atoms with Gasteiger partial charge in [-0.15, -0.1) is 0 Å². The second kappa shape index (κ2) is 14.2. The summed E-state index contributed by atoms with van der Waals surface area (Å²) in [5.74, 6) is -3.80. The van der Waals surface area contributed by atoms with Crippen LogP contribution >= 0.6 is 0 Å². The maximum Gasteiger partial charge on any atom is 2.00 e. The fourth-order valence-corrected chi connectivity index (χ4v) is 0.916. The van der Waals surface area contributed by atoms with E-state index in [9.17, 15) is 19.8 Å². The molecule has 0 spiro atoms. The van der Waals surface area contributed by atoms with Gasteiger partial charge in [-0.2, -0.15) is 0 Å². The van der Waals surface area contributed by atoms with Gasteiger partial charge >= 0.3 is 37.7 Å². The number of aliphatic hydroxyl groups is 8. The van der Waals surface area contributed by atoms with Crippen molar-refractivity contribution in [3.05, 3.63) is 0 Å². The van der Waals surface area contributed by atoms with E-state index >= 15 is 0 Å². The van der Waals surface area contributed by atoms with E-state index in [4.69, 9.17) is 40.9 Å². The van der Waals surface area contributed by atoms with Gasteiger partial charge in [-0.3, -0.25) is 0 Å². The van der Waals surface area contributed by atoms with Crippen LogP contribution in [0.25, 0.3) is 0 Å². The van der Waals surface area contributed by atoms with Crippen LogP contribution in [0.5, 0.6) is 0 Å². The maximum absolute atomic E-state index is 9.85.